The van der Waals surface area contributed by atoms with Crippen LogP contribution in [-0.4, -0.2) is 43.7 Å². The molecule has 1 fully saturated rings. The van der Waals surface area contributed by atoms with Crippen molar-refractivity contribution in [2.24, 2.45) is 0 Å². The third-order valence-electron chi connectivity index (χ3n) is 3.45. The monoisotopic (exact) mass is 314 g/mol. The molecule has 4 nitrogen and oxygen atoms in total. The number of nitrogens with zero attached hydrogens (tertiary/aromatic N) is 1. The Morgan fingerprint density at radius 2 is 2.38 bits per heavy atom. The molecule has 1 N–H and O–H groups in total. The van der Waals surface area contributed by atoms with E-state index in [0.717, 1.165) is 19.4 Å². The molecule has 1 aliphatic rings. The van der Waals surface area contributed by atoms with Gasteiger partial charge in [-0.2, -0.15) is 0 Å². The molecular formula is C15H20ClFN2O2. The molecule has 1 saturated heterocycles. The van der Waals surface area contributed by atoms with Gasteiger partial charge in [0.05, 0.1) is 12.6 Å². The van der Waals surface area contributed by atoms with E-state index in [1.54, 1.807) is 24.1 Å². The zero-order valence-electron chi connectivity index (χ0n) is 12.1. The van der Waals surface area contributed by atoms with Crippen molar-refractivity contribution in [3.8, 4) is 0 Å². The average Bonchev–Trinajstić information content (AvgIpc) is 2.94. The van der Waals surface area contributed by atoms with Crippen LogP contribution in [0.2, 0.25) is 5.02 Å². The SMILES string of the molecule is CN(CC(=O)NC[C@H]1CCCO1)Cc1c(F)cccc1Cl. The fourth-order valence-electron chi connectivity index (χ4n) is 2.34. The Morgan fingerprint density at radius 3 is 3.05 bits per heavy atom. The van der Waals surface area contributed by atoms with Crippen molar-refractivity contribution in [1.29, 1.82) is 0 Å². The number of carbonyl (C=O) groups is 1. The maximum Gasteiger partial charge on any atom is 0.234 e. The molecule has 1 atom stereocenters. The van der Waals surface area contributed by atoms with Crippen LogP contribution >= 0.6 is 11.6 Å². The molecule has 6 heteroatoms. The van der Waals surface area contributed by atoms with Crippen LogP contribution in [-0.2, 0) is 16.1 Å². The number of hydrogen-bond acceptors (Lipinski definition) is 3. The molecule has 1 aromatic rings. The fourth-order valence-corrected chi connectivity index (χ4v) is 2.57. The first-order valence-corrected chi connectivity index (χ1v) is 7.44. The molecule has 1 amide bonds. The van der Waals surface area contributed by atoms with Gasteiger partial charge in [0.25, 0.3) is 0 Å². The van der Waals surface area contributed by atoms with Crippen LogP contribution < -0.4 is 5.32 Å². The Balaban J connectivity index is 1.78. The maximum atomic E-state index is 13.7. The van der Waals surface area contributed by atoms with Crippen molar-refractivity contribution in [1.82, 2.24) is 10.2 Å². The summed E-state index contributed by atoms with van der Waals surface area (Å²) in [7, 11) is 1.76. The molecule has 0 saturated carbocycles. The molecule has 1 heterocycles. The first-order chi connectivity index (χ1) is 10.1. The normalized spacial score (nSPS) is 18.2. The largest absolute Gasteiger partial charge is 0.376 e. The predicted octanol–water partition coefficient (Wildman–Crippen LogP) is 2.21. The highest BCUT2D eigenvalue weighted by Crippen LogP contribution is 2.20. The number of rotatable bonds is 6. The Kier molecular flexibility index (Phi) is 5.96. The fraction of sp³-hybridized carbons (Fsp3) is 0.533. The molecule has 116 valence electrons. The number of halogens is 2. The lowest BCUT2D eigenvalue weighted by Gasteiger charge is -2.18. The van der Waals surface area contributed by atoms with Crippen LogP contribution in [0.3, 0.4) is 0 Å². The molecule has 0 bridgehead atoms. The van der Waals surface area contributed by atoms with Crippen molar-refractivity contribution in [2.75, 3.05) is 26.7 Å². The topological polar surface area (TPSA) is 41.6 Å². The van der Waals surface area contributed by atoms with Crippen LogP contribution in [0.1, 0.15) is 18.4 Å². The zero-order chi connectivity index (χ0) is 15.2. The Hall–Kier alpha value is -1.17. The van der Waals surface area contributed by atoms with Gasteiger partial charge in [-0.05, 0) is 32.0 Å². The van der Waals surface area contributed by atoms with Crippen LogP contribution in [0.15, 0.2) is 18.2 Å². The van der Waals surface area contributed by atoms with Gasteiger partial charge in [-0.3, -0.25) is 9.69 Å². The molecule has 0 aliphatic carbocycles. The summed E-state index contributed by atoms with van der Waals surface area (Å²) in [5.41, 5.74) is 0.411. The van der Waals surface area contributed by atoms with Gasteiger partial charge in [-0.1, -0.05) is 17.7 Å². The lowest BCUT2D eigenvalue weighted by Crippen LogP contribution is -2.38. The third kappa shape index (κ3) is 4.95. The summed E-state index contributed by atoms with van der Waals surface area (Å²) in [5.74, 6) is -0.449. The molecule has 0 spiro atoms. The van der Waals surface area contributed by atoms with E-state index >= 15 is 0 Å². The second-order valence-electron chi connectivity index (χ2n) is 5.31. The number of likely N-dealkylation sites (N-methyl/N-ethyl adjacent to an activating group) is 1. The molecule has 0 unspecified atom stereocenters. The number of hydrogen-bond donors (Lipinski definition) is 1. The van der Waals surface area contributed by atoms with Crippen molar-refractivity contribution < 1.29 is 13.9 Å². The second kappa shape index (κ2) is 7.73. The maximum absolute atomic E-state index is 13.7. The molecule has 0 radical (unpaired) electrons. The predicted molar refractivity (Wildman–Crippen MR) is 79.7 cm³/mol. The van der Waals surface area contributed by atoms with Gasteiger partial charge in [0.2, 0.25) is 5.91 Å². The van der Waals surface area contributed by atoms with Crippen molar-refractivity contribution in [3.63, 3.8) is 0 Å². The summed E-state index contributed by atoms with van der Waals surface area (Å²) in [4.78, 5) is 13.6. The van der Waals surface area contributed by atoms with Gasteiger partial charge < -0.3 is 10.1 Å². The number of ether oxygens (including phenoxy) is 1. The van der Waals surface area contributed by atoms with E-state index in [1.165, 1.54) is 6.07 Å². The van der Waals surface area contributed by atoms with Crippen LogP contribution in [0.5, 0.6) is 0 Å². The molecule has 0 aromatic heterocycles. The van der Waals surface area contributed by atoms with Crippen molar-refractivity contribution in [3.05, 3.63) is 34.6 Å². The lowest BCUT2D eigenvalue weighted by atomic mass is 10.2. The summed E-state index contributed by atoms with van der Waals surface area (Å²) in [6.07, 6.45) is 2.16. The van der Waals surface area contributed by atoms with E-state index in [9.17, 15) is 9.18 Å². The molecule has 1 aromatic carbocycles. The van der Waals surface area contributed by atoms with E-state index in [2.05, 4.69) is 5.32 Å². The number of amides is 1. The van der Waals surface area contributed by atoms with Gasteiger partial charge in [0, 0.05) is 30.3 Å². The molecular weight excluding hydrogens is 295 g/mol. The highest BCUT2D eigenvalue weighted by Gasteiger charge is 2.17. The smallest absolute Gasteiger partial charge is 0.234 e. The molecule has 21 heavy (non-hydrogen) atoms. The second-order valence-corrected chi connectivity index (χ2v) is 5.72. The Bertz CT molecular complexity index is 472. The highest BCUT2D eigenvalue weighted by atomic mass is 35.5. The van der Waals surface area contributed by atoms with Crippen LogP contribution in [0, 0.1) is 5.82 Å². The lowest BCUT2D eigenvalue weighted by molar-refractivity contribution is -0.122. The van der Waals surface area contributed by atoms with Crippen LogP contribution in [0.25, 0.3) is 0 Å². The quantitative estimate of drug-likeness (QED) is 0.875. The Labute approximate surface area is 129 Å². The number of nitrogens with one attached hydrogen (secondary N) is 1. The van der Waals surface area contributed by atoms with E-state index in [4.69, 9.17) is 16.3 Å². The number of benzene rings is 1. The average molecular weight is 315 g/mol. The molecule has 1 aliphatic heterocycles. The minimum atomic E-state index is -0.353. The van der Waals surface area contributed by atoms with E-state index in [0.29, 0.717) is 23.7 Å². The van der Waals surface area contributed by atoms with Gasteiger partial charge in [0.1, 0.15) is 5.82 Å². The summed E-state index contributed by atoms with van der Waals surface area (Å²) < 4.78 is 19.1. The summed E-state index contributed by atoms with van der Waals surface area (Å²) >= 11 is 5.97. The van der Waals surface area contributed by atoms with Crippen molar-refractivity contribution in [2.45, 2.75) is 25.5 Å². The van der Waals surface area contributed by atoms with Gasteiger partial charge >= 0.3 is 0 Å². The minimum absolute atomic E-state index is 0.0968. The third-order valence-corrected chi connectivity index (χ3v) is 3.81. The van der Waals surface area contributed by atoms with E-state index in [-0.39, 0.29) is 24.4 Å². The van der Waals surface area contributed by atoms with Crippen molar-refractivity contribution >= 4 is 17.5 Å². The Morgan fingerprint density at radius 1 is 1.57 bits per heavy atom. The van der Waals surface area contributed by atoms with E-state index < -0.39 is 0 Å². The highest BCUT2D eigenvalue weighted by molar-refractivity contribution is 6.31. The van der Waals surface area contributed by atoms with Crippen LogP contribution in [0.4, 0.5) is 4.39 Å². The number of carbonyl (C=O) groups excluding carboxylic acids is 1. The van der Waals surface area contributed by atoms with Gasteiger partial charge in [-0.15, -0.1) is 0 Å². The minimum Gasteiger partial charge on any atom is -0.376 e. The molecule has 2 rings (SSSR count). The summed E-state index contributed by atoms with van der Waals surface area (Å²) in [6, 6.07) is 4.58. The summed E-state index contributed by atoms with van der Waals surface area (Å²) in [6.45, 7) is 1.79. The van der Waals surface area contributed by atoms with E-state index in [1.807, 2.05) is 0 Å². The standard InChI is InChI=1S/C15H20ClFN2O2/c1-19(9-12-13(16)5-2-6-14(12)17)10-15(20)18-8-11-4-3-7-21-11/h2,5-6,11H,3-4,7-10H2,1H3,(H,18,20)/t11-/m1/s1. The zero-order valence-corrected chi connectivity index (χ0v) is 12.8. The first-order valence-electron chi connectivity index (χ1n) is 7.06. The summed E-state index contributed by atoms with van der Waals surface area (Å²) in [5, 5.41) is 3.21. The van der Waals surface area contributed by atoms with Gasteiger partial charge in [0.15, 0.2) is 0 Å². The first kappa shape index (κ1) is 16.2. The van der Waals surface area contributed by atoms with Gasteiger partial charge in [-0.25, -0.2) is 4.39 Å².